The fourth-order valence-electron chi connectivity index (χ4n) is 12.6. The summed E-state index contributed by atoms with van der Waals surface area (Å²) in [7, 11) is 22.2. The second-order valence-corrected chi connectivity index (χ2v) is 28.1. The number of hydroxylamine groups is 2. The summed E-state index contributed by atoms with van der Waals surface area (Å²) in [4.78, 5) is 188. The highest BCUT2D eigenvalue weighted by Gasteiger charge is 2.51. The van der Waals surface area contributed by atoms with E-state index in [4.69, 9.17) is 23.9 Å². The number of benzene rings is 2. The molecule has 2 aromatic carbocycles. The molecule has 3 aromatic heterocycles. The zero-order valence-electron chi connectivity index (χ0n) is 72.9. The van der Waals surface area contributed by atoms with Crippen LogP contribution in [0.4, 0.5) is 0 Å². The van der Waals surface area contributed by atoms with Crippen molar-refractivity contribution >= 4 is 77.0 Å². The summed E-state index contributed by atoms with van der Waals surface area (Å²) in [5.74, 6) is -4.91. The molecule has 3 fully saturated rings. The van der Waals surface area contributed by atoms with Crippen molar-refractivity contribution in [3.05, 3.63) is 149 Å². The van der Waals surface area contributed by atoms with Gasteiger partial charge < -0.3 is 82.4 Å². The van der Waals surface area contributed by atoms with Crippen LogP contribution in [0.1, 0.15) is 163 Å². The van der Waals surface area contributed by atoms with Crippen molar-refractivity contribution in [1.29, 1.82) is 0 Å². The van der Waals surface area contributed by atoms with Gasteiger partial charge in [-0.25, -0.2) is 63.4 Å². The SMILES string of the molecule is CN(C)C(=O)c1nc2n(c(=O)c1O)CCCC2.CN=C1CCCCN1C.CNC.COC(=O)C(=O)C(OCc1ccccc1)C(=O)OC.COC(=O)C=C(ON=C1CCCCN1C)C(=O)OC.COC(=O)CC1(C(=O)OC)N=C2CCCCN2O1.COC(=O)c1nc2n(c(=O)c1O)CCCC2.COC(=O)c1nc2n(c(=O)c1OCc1ccccc1)CCCC2. The fourth-order valence-corrected chi connectivity index (χ4v) is 12.6. The molecule has 3 saturated heterocycles. The predicted octanol–water partition coefficient (Wildman–Crippen LogP) is 4.37. The molecule has 0 radical (unpaired) electrons. The predicted molar refractivity (Wildman–Crippen MR) is 446 cm³/mol. The molecule has 3 N–H and O–H groups in total. The van der Waals surface area contributed by atoms with E-state index in [1.54, 1.807) is 48.0 Å². The van der Waals surface area contributed by atoms with E-state index in [1.165, 1.54) is 88.3 Å². The lowest BCUT2D eigenvalue weighted by molar-refractivity contribution is -0.212. The number of carbonyl (C=O) groups is 10. The fraction of sp³-hybridized carbons (Fsp3) is 0.530. The van der Waals surface area contributed by atoms with Crippen molar-refractivity contribution in [2.75, 3.05) is 126 Å². The van der Waals surface area contributed by atoms with Crippen LogP contribution < -0.4 is 26.7 Å². The number of Topliss-reactive ketones (excluding diaryl/α,β-unsaturated/α-hetero) is 1. The van der Waals surface area contributed by atoms with Crippen LogP contribution >= 0.6 is 0 Å². The van der Waals surface area contributed by atoms with Gasteiger partial charge in [0.15, 0.2) is 17.1 Å². The van der Waals surface area contributed by atoms with Crippen molar-refractivity contribution in [3.63, 3.8) is 0 Å². The summed E-state index contributed by atoms with van der Waals surface area (Å²) >= 11 is 0. The second-order valence-electron chi connectivity index (χ2n) is 28.1. The number of esters is 8. The second kappa shape index (κ2) is 52.5. The van der Waals surface area contributed by atoms with Crippen LogP contribution in [0.5, 0.6) is 17.2 Å². The van der Waals surface area contributed by atoms with Crippen molar-refractivity contribution in [1.82, 2.24) is 53.7 Å². The van der Waals surface area contributed by atoms with Crippen LogP contribution in [0.2, 0.25) is 0 Å². The number of aliphatic imine (C=N–C) groups is 2. The lowest BCUT2D eigenvalue weighted by atomic mass is 10.1. The van der Waals surface area contributed by atoms with E-state index in [9.17, 15) is 72.5 Å². The maximum absolute atomic E-state index is 12.7. The number of fused-ring (bicyclic) bond motifs is 4. The minimum absolute atomic E-state index is 0.00331. The summed E-state index contributed by atoms with van der Waals surface area (Å²) in [6, 6.07) is 18.4. The highest BCUT2D eigenvalue weighted by Crippen LogP contribution is 2.33. The van der Waals surface area contributed by atoms with Gasteiger partial charge in [-0.15, -0.1) is 0 Å². The van der Waals surface area contributed by atoms with Gasteiger partial charge >= 0.3 is 47.8 Å². The molecule has 2 atom stereocenters. The average Bonchev–Trinajstić information content (AvgIpc) is 1.25. The molecule has 7 aliphatic rings. The maximum Gasteiger partial charge on any atom is 0.377 e. The Morgan fingerprint density at radius 1 is 0.540 bits per heavy atom. The molecule has 0 saturated carbocycles. The van der Waals surface area contributed by atoms with E-state index in [-0.39, 0.29) is 53.8 Å². The number of nitrogens with one attached hydrogen (secondary N) is 1. The van der Waals surface area contributed by atoms with Crippen molar-refractivity contribution in [2.24, 2.45) is 15.1 Å². The first-order valence-corrected chi connectivity index (χ1v) is 39.9. The molecule has 0 spiro atoms. The number of amidine groups is 3. The molecule has 0 bridgehead atoms. The molecular weight excluding hydrogens is 1620 g/mol. The zero-order valence-corrected chi connectivity index (χ0v) is 72.9. The monoisotopic (exact) mass is 1740 g/mol. The zero-order chi connectivity index (χ0) is 91.6. The number of methoxy groups -OCH3 is 8. The van der Waals surface area contributed by atoms with Crippen molar-refractivity contribution in [2.45, 2.75) is 167 Å². The first-order chi connectivity index (χ1) is 59.4. The number of amides is 1. The largest absolute Gasteiger partial charge is 0.501 e. The third-order valence-corrected chi connectivity index (χ3v) is 19.1. The summed E-state index contributed by atoms with van der Waals surface area (Å²) < 4.78 is 51.3. The normalized spacial score (nSPS) is 16.6. The van der Waals surface area contributed by atoms with E-state index in [2.05, 4.69) is 80.5 Å². The van der Waals surface area contributed by atoms with Crippen LogP contribution in [-0.2, 0) is 138 Å². The number of piperidine rings is 3. The molecular formula is C83H114N14O27. The summed E-state index contributed by atoms with van der Waals surface area (Å²) in [5.41, 5.74) is -1.81. The third kappa shape index (κ3) is 29.8. The molecule has 41 nitrogen and oxygen atoms in total. The van der Waals surface area contributed by atoms with Crippen LogP contribution in [0.3, 0.4) is 0 Å². The van der Waals surface area contributed by atoms with Crippen LogP contribution in [0, 0.1) is 0 Å². The molecule has 2 unspecified atom stereocenters. The number of ether oxygens (including phenoxy) is 10. The molecule has 41 heteroatoms. The number of hydrogen-bond acceptors (Lipinski definition) is 35. The summed E-state index contributed by atoms with van der Waals surface area (Å²) in [5, 5.41) is 27.5. The minimum Gasteiger partial charge on any atom is -0.501 e. The van der Waals surface area contributed by atoms with E-state index in [1.807, 2.05) is 69.5 Å². The van der Waals surface area contributed by atoms with Gasteiger partial charge in [0.2, 0.25) is 29.1 Å². The standard InChI is InChI=1S/C17H18N2O4.C13H14O6.C12H18N2O5.C11H15N3O3.C11H16N2O5.C10H12N2O4.C7H14N2.C2H7N/c1-22-17(21)14-15(23-11-12-7-3-2-4-8-12)16(20)19-10-6-5-9-13(19)18-14;1-17-12(15)10(14)11(13(16)18-2)19-8-9-6-4-3-5-7-9;1-14-7-5-4-6-10(14)13-19-9(12(16)18-3)8-11(15)17-2;1-13(2)10(16)8-9(15)11(17)14-6-4-3-5-7(14)12-8;1-16-9(14)7-11(10(15)17-2)12-8-5-3-4-6-13(8)18-11;1-16-10(15)7-8(13)9(14)12-5-3-2-4-6(12)11-7;1-8-7-5-3-4-6-9(7)2;1-3-2/h2-4,7-8H,5-6,9-11H2,1H3;3-7,11H,8H2,1-2H3;8H,4-7H2,1-3H3;15H,3-6H2,1-2H3;3-7H2,1-2H3;13H,2-5H2,1H3;3-6H2,1-2H3;3H,1-2H3. The summed E-state index contributed by atoms with van der Waals surface area (Å²) in [6.07, 6.45) is 15.9. The number of nitrogens with zero attached hydrogens (tertiary/aromatic N) is 13. The minimum atomic E-state index is -1.61. The number of aromatic hydroxyl groups is 2. The van der Waals surface area contributed by atoms with Gasteiger partial charge in [-0.2, -0.15) is 0 Å². The highest BCUT2D eigenvalue weighted by atomic mass is 16.7. The van der Waals surface area contributed by atoms with Gasteiger partial charge in [0, 0.05) is 113 Å². The average molecular weight is 1740 g/mol. The lowest BCUT2D eigenvalue weighted by Crippen LogP contribution is -2.43. The van der Waals surface area contributed by atoms with Crippen LogP contribution in [-0.4, -0.2) is 273 Å². The van der Waals surface area contributed by atoms with Gasteiger partial charge in [0.1, 0.15) is 42.2 Å². The van der Waals surface area contributed by atoms with Crippen LogP contribution in [0.15, 0.2) is 102 Å². The smallest absolute Gasteiger partial charge is 0.377 e. The van der Waals surface area contributed by atoms with Gasteiger partial charge in [-0.05, 0) is 102 Å². The summed E-state index contributed by atoms with van der Waals surface area (Å²) in [6.45, 7) is 4.64. The Morgan fingerprint density at radius 2 is 1.00 bits per heavy atom. The van der Waals surface area contributed by atoms with E-state index in [0.717, 1.165) is 121 Å². The Labute approximate surface area is 717 Å². The number of aromatic nitrogens is 6. The molecule has 10 heterocycles. The number of oxime groups is 1. The van der Waals surface area contributed by atoms with Crippen molar-refractivity contribution in [3.8, 4) is 17.2 Å². The number of ketones is 1. The van der Waals surface area contributed by atoms with E-state index < -0.39 is 93.9 Å². The Balaban J connectivity index is 0.000000258. The number of likely N-dealkylation sites (tertiary alicyclic amines) is 2. The molecule has 124 heavy (non-hydrogen) atoms. The van der Waals surface area contributed by atoms with Gasteiger partial charge in [0.25, 0.3) is 34.1 Å². The topological polar surface area (TPSA) is 489 Å². The number of hydrogen-bond donors (Lipinski definition) is 3. The van der Waals surface area contributed by atoms with Gasteiger partial charge in [0.05, 0.1) is 75.4 Å². The quantitative estimate of drug-likeness (QED) is 0.0196. The number of carbonyl (C=O) groups excluding carboxylic acids is 10. The Hall–Kier alpha value is -12.8. The first-order valence-electron chi connectivity index (χ1n) is 39.9. The molecule has 0 aliphatic carbocycles. The molecule has 7 aliphatic heterocycles. The molecule has 12 rings (SSSR count). The molecule has 678 valence electrons. The lowest BCUT2D eigenvalue weighted by Gasteiger charge is -2.26. The number of aryl methyl sites for hydroxylation is 3. The highest BCUT2D eigenvalue weighted by molar-refractivity contribution is 6.39. The van der Waals surface area contributed by atoms with Crippen molar-refractivity contribution < 1.29 is 115 Å². The Bertz CT molecular complexity index is 4780. The van der Waals surface area contributed by atoms with Gasteiger partial charge in [-0.1, -0.05) is 65.8 Å². The third-order valence-electron chi connectivity index (χ3n) is 19.1. The Kier molecular flexibility index (Phi) is 43.1. The van der Waals surface area contributed by atoms with E-state index >= 15 is 0 Å². The number of rotatable bonds is 19. The Morgan fingerprint density at radius 3 is 1.46 bits per heavy atom. The van der Waals surface area contributed by atoms with Gasteiger partial charge in [-0.3, -0.25) is 47.5 Å². The van der Waals surface area contributed by atoms with E-state index in [0.29, 0.717) is 68.8 Å². The van der Waals surface area contributed by atoms with Crippen LogP contribution in [0.25, 0.3) is 0 Å². The first kappa shape index (κ1) is 102. The molecule has 1 amide bonds. The molecule has 5 aromatic rings. The maximum atomic E-state index is 12.7.